The van der Waals surface area contributed by atoms with Crippen molar-refractivity contribution >= 4 is 21.8 Å². The second-order valence-corrected chi connectivity index (χ2v) is 9.44. The van der Waals surface area contributed by atoms with Crippen molar-refractivity contribution in [2.24, 2.45) is 0 Å². The second-order valence-electron chi connectivity index (χ2n) is 7.58. The molecule has 0 unspecified atom stereocenters. The molecule has 0 amide bonds. The summed E-state index contributed by atoms with van der Waals surface area (Å²) in [7, 11) is -3.65. The van der Waals surface area contributed by atoms with Crippen molar-refractivity contribution in [1.82, 2.24) is 9.21 Å². The summed E-state index contributed by atoms with van der Waals surface area (Å²) >= 11 is 0. The molecule has 1 saturated heterocycles. The molecule has 4 rings (SSSR count). The maximum absolute atomic E-state index is 12.8. The summed E-state index contributed by atoms with van der Waals surface area (Å²) in [5, 5.41) is 0. The minimum atomic E-state index is -3.65. The predicted octanol–water partition coefficient (Wildman–Crippen LogP) is 3.09. The molecule has 8 heteroatoms. The molecule has 2 aromatic carbocycles. The SMILES string of the molecule is CCCN1C=C(OC(=O)c2ccc(CN3CCOCC3)cc2)c2ccccc2S1(=O)=O. The van der Waals surface area contributed by atoms with Crippen LogP contribution in [0.3, 0.4) is 0 Å². The van der Waals surface area contributed by atoms with Gasteiger partial charge < -0.3 is 9.47 Å². The fraction of sp³-hybridized carbons (Fsp3) is 0.348. The number of carbonyl (C=O) groups excluding carboxylic acids is 1. The first kappa shape index (κ1) is 21.5. The van der Waals surface area contributed by atoms with Gasteiger partial charge in [0, 0.05) is 31.7 Å². The molecule has 0 aliphatic carbocycles. The van der Waals surface area contributed by atoms with Gasteiger partial charge in [-0.2, -0.15) is 0 Å². The molecule has 2 heterocycles. The molecular formula is C23H26N2O5S. The van der Waals surface area contributed by atoms with Crippen molar-refractivity contribution in [3.8, 4) is 0 Å². The van der Waals surface area contributed by atoms with Gasteiger partial charge in [-0.25, -0.2) is 13.2 Å². The average Bonchev–Trinajstić information content (AvgIpc) is 2.78. The zero-order valence-corrected chi connectivity index (χ0v) is 18.3. The molecule has 0 radical (unpaired) electrons. The predicted molar refractivity (Wildman–Crippen MR) is 117 cm³/mol. The lowest BCUT2D eigenvalue weighted by atomic mass is 10.1. The standard InChI is InChI=1S/C23H26N2O5S/c1-2-11-25-17-21(20-5-3-4-6-22(20)31(25,27)28)30-23(26)19-9-7-18(8-10-19)16-24-12-14-29-15-13-24/h3-10,17H,2,11-16H2,1H3. The number of sulfonamides is 1. The first-order valence-corrected chi connectivity index (χ1v) is 11.9. The second kappa shape index (κ2) is 9.21. The van der Waals surface area contributed by atoms with Crippen LogP contribution in [0.15, 0.2) is 59.6 Å². The van der Waals surface area contributed by atoms with Gasteiger partial charge in [-0.1, -0.05) is 31.2 Å². The molecule has 0 N–H and O–H groups in total. The third-order valence-corrected chi connectivity index (χ3v) is 7.16. The maximum atomic E-state index is 12.8. The van der Waals surface area contributed by atoms with Crippen molar-refractivity contribution in [2.75, 3.05) is 32.8 Å². The zero-order valence-electron chi connectivity index (χ0n) is 17.5. The zero-order chi connectivity index (χ0) is 21.8. The highest BCUT2D eigenvalue weighted by Crippen LogP contribution is 2.33. The lowest BCUT2D eigenvalue weighted by Crippen LogP contribution is -2.35. The Morgan fingerprint density at radius 1 is 1.06 bits per heavy atom. The molecule has 0 aromatic heterocycles. The van der Waals surface area contributed by atoms with Crippen molar-refractivity contribution in [3.63, 3.8) is 0 Å². The summed E-state index contributed by atoms with van der Waals surface area (Å²) in [6.07, 6.45) is 2.05. The summed E-state index contributed by atoms with van der Waals surface area (Å²) in [6.45, 7) is 6.30. The van der Waals surface area contributed by atoms with Crippen LogP contribution in [0, 0.1) is 0 Å². The van der Waals surface area contributed by atoms with Crippen LogP contribution in [0.4, 0.5) is 0 Å². The van der Waals surface area contributed by atoms with Gasteiger partial charge in [0.1, 0.15) is 0 Å². The number of nitrogens with zero attached hydrogens (tertiary/aromatic N) is 2. The lowest BCUT2D eigenvalue weighted by Gasteiger charge is -2.27. The third-order valence-electron chi connectivity index (χ3n) is 5.35. The minimum Gasteiger partial charge on any atom is -0.421 e. The topological polar surface area (TPSA) is 76.2 Å². The summed E-state index contributed by atoms with van der Waals surface area (Å²) in [5.74, 6) is -0.281. The van der Waals surface area contributed by atoms with E-state index < -0.39 is 16.0 Å². The average molecular weight is 443 g/mol. The van der Waals surface area contributed by atoms with Crippen LogP contribution >= 0.6 is 0 Å². The fourth-order valence-electron chi connectivity index (χ4n) is 3.70. The quantitative estimate of drug-likeness (QED) is 0.640. The number of esters is 1. The van der Waals surface area contributed by atoms with Gasteiger partial charge in [0.2, 0.25) is 0 Å². The summed E-state index contributed by atoms with van der Waals surface area (Å²) < 4.78 is 37.9. The highest BCUT2D eigenvalue weighted by Gasteiger charge is 2.32. The highest BCUT2D eigenvalue weighted by atomic mass is 32.2. The van der Waals surface area contributed by atoms with Crippen LogP contribution in [-0.2, 0) is 26.0 Å². The normalized spacial score (nSPS) is 18.2. The van der Waals surface area contributed by atoms with E-state index in [9.17, 15) is 13.2 Å². The molecule has 164 valence electrons. The van der Waals surface area contributed by atoms with Crippen molar-refractivity contribution < 1.29 is 22.7 Å². The molecule has 0 atom stereocenters. The smallest absolute Gasteiger partial charge is 0.343 e. The third kappa shape index (κ3) is 4.66. The van der Waals surface area contributed by atoms with Crippen LogP contribution in [0.5, 0.6) is 0 Å². The highest BCUT2D eigenvalue weighted by molar-refractivity contribution is 7.89. The molecule has 0 saturated carbocycles. The van der Waals surface area contributed by atoms with Gasteiger partial charge in [0.05, 0.1) is 29.9 Å². The Labute approximate surface area is 182 Å². The molecule has 2 aliphatic rings. The molecule has 0 bridgehead atoms. The Morgan fingerprint density at radius 3 is 2.48 bits per heavy atom. The Morgan fingerprint density at radius 2 is 1.77 bits per heavy atom. The van der Waals surface area contributed by atoms with Crippen molar-refractivity contribution in [3.05, 3.63) is 71.4 Å². The fourth-order valence-corrected chi connectivity index (χ4v) is 5.31. The summed E-state index contributed by atoms with van der Waals surface area (Å²) in [4.78, 5) is 15.2. The molecule has 2 aromatic rings. The van der Waals surface area contributed by atoms with E-state index in [0.717, 1.165) is 38.4 Å². The Hall–Kier alpha value is -2.68. The maximum Gasteiger partial charge on any atom is 0.343 e. The minimum absolute atomic E-state index is 0.148. The number of ether oxygens (including phenoxy) is 2. The Balaban J connectivity index is 1.52. The number of morpholine rings is 1. The lowest BCUT2D eigenvalue weighted by molar-refractivity contribution is 0.0342. The largest absolute Gasteiger partial charge is 0.421 e. The van der Waals surface area contributed by atoms with Gasteiger partial charge in [-0.3, -0.25) is 9.21 Å². The number of fused-ring (bicyclic) bond motifs is 1. The van der Waals surface area contributed by atoms with Crippen LogP contribution in [0.25, 0.3) is 5.76 Å². The van der Waals surface area contributed by atoms with Gasteiger partial charge in [0.15, 0.2) is 5.76 Å². The molecule has 1 fully saturated rings. The van der Waals surface area contributed by atoms with E-state index in [4.69, 9.17) is 9.47 Å². The van der Waals surface area contributed by atoms with E-state index in [1.165, 1.54) is 16.6 Å². The van der Waals surface area contributed by atoms with Crippen LogP contribution < -0.4 is 0 Å². The molecule has 0 spiro atoms. The number of hydrogen-bond donors (Lipinski definition) is 0. The summed E-state index contributed by atoms with van der Waals surface area (Å²) in [5.41, 5.74) is 1.92. The van der Waals surface area contributed by atoms with Gasteiger partial charge >= 0.3 is 5.97 Å². The summed E-state index contributed by atoms with van der Waals surface area (Å²) in [6, 6.07) is 13.9. The van der Waals surface area contributed by atoms with E-state index >= 15 is 0 Å². The number of rotatable bonds is 6. The molecule has 7 nitrogen and oxygen atoms in total. The Kier molecular flexibility index (Phi) is 6.41. The van der Waals surface area contributed by atoms with E-state index in [2.05, 4.69) is 4.90 Å². The van der Waals surface area contributed by atoms with E-state index in [1.54, 1.807) is 30.3 Å². The molecule has 31 heavy (non-hydrogen) atoms. The van der Waals surface area contributed by atoms with Gasteiger partial charge in [-0.05, 0) is 36.2 Å². The van der Waals surface area contributed by atoms with Crippen molar-refractivity contribution in [1.29, 1.82) is 0 Å². The van der Waals surface area contributed by atoms with Gasteiger partial charge in [-0.15, -0.1) is 0 Å². The first-order chi connectivity index (χ1) is 15.0. The Bertz CT molecular complexity index is 1070. The van der Waals surface area contributed by atoms with Crippen LogP contribution in [-0.4, -0.2) is 56.4 Å². The molecular weight excluding hydrogens is 416 g/mol. The molecule has 2 aliphatic heterocycles. The monoisotopic (exact) mass is 442 g/mol. The van der Waals surface area contributed by atoms with Crippen LogP contribution in [0.1, 0.15) is 34.8 Å². The number of benzene rings is 2. The van der Waals surface area contributed by atoms with E-state index in [1.807, 2.05) is 19.1 Å². The van der Waals surface area contributed by atoms with E-state index in [-0.39, 0.29) is 10.7 Å². The van der Waals surface area contributed by atoms with Gasteiger partial charge in [0.25, 0.3) is 10.0 Å². The van der Waals surface area contributed by atoms with E-state index in [0.29, 0.717) is 24.1 Å². The number of hydrogen-bond acceptors (Lipinski definition) is 6. The van der Waals surface area contributed by atoms with Crippen molar-refractivity contribution in [2.45, 2.75) is 24.8 Å². The first-order valence-electron chi connectivity index (χ1n) is 10.4. The number of carbonyl (C=O) groups is 1. The van der Waals surface area contributed by atoms with Crippen LogP contribution in [0.2, 0.25) is 0 Å².